The quantitative estimate of drug-likeness (QED) is 0.453. The fourth-order valence-corrected chi connectivity index (χ4v) is 1.79. The molecule has 0 rings (SSSR count). The van der Waals surface area contributed by atoms with E-state index in [0.717, 1.165) is 0 Å². The van der Waals surface area contributed by atoms with Crippen molar-refractivity contribution in [2.24, 2.45) is 0 Å². The molecule has 0 saturated heterocycles. The first-order valence-electron chi connectivity index (χ1n) is 3.43. The molecule has 0 aromatic rings. The van der Waals surface area contributed by atoms with E-state index in [9.17, 15) is 0 Å². The Balaban J connectivity index is 4.59. The van der Waals surface area contributed by atoms with Crippen molar-refractivity contribution in [1.29, 1.82) is 0 Å². The third-order valence-corrected chi connectivity index (χ3v) is 14.3. The van der Waals surface area contributed by atoms with Gasteiger partial charge in [0.15, 0.2) is 0 Å². The van der Waals surface area contributed by atoms with Gasteiger partial charge in [0.2, 0.25) is 0 Å². The van der Waals surface area contributed by atoms with Crippen LogP contribution in [-0.2, 0) is 0 Å². The van der Waals surface area contributed by atoms with Crippen LogP contribution in [0.4, 0.5) is 0 Å². The molecule has 0 N–H and O–H groups in total. The van der Waals surface area contributed by atoms with Crippen molar-refractivity contribution in [2.45, 2.75) is 39.0 Å². The summed E-state index contributed by atoms with van der Waals surface area (Å²) in [5.74, 6) is 0. The van der Waals surface area contributed by atoms with E-state index in [4.69, 9.17) is 0 Å². The predicted molar refractivity (Wildman–Crippen MR) is 64.2 cm³/mol. The average molecular weight is 216 g/mol. The van der Waals surface area contributed by atoms with Gasteiger partial charge < -0.3 is 0 Å². The minimum atomic E-state index is -2.24. The molecule has 0 aromatic heterocycles. The molecule has 0 aliphatic heterocycles. The molecule has 0 unspecified atom stereocenters. The van der Waals surface area contributed by atoms with Gasteiger partial charge >= 0.3 is 80.0 Å². The molecule has 0 amide bonds. The summed E-state index contributed by atoms with van der Waals surface area (Å²) in [6.07, 6.45) is 0. The first kappa shape index (κ1) is 11.5. The van der Waals surface area contributed by atoms with E-state index in [1.165, 1.54) is 0 Å². The van der Waals surface area contributed by atoms with Gasteiger partial charge in [-0.3, -0.25) is 0 Å². The summed E-state index contributed by atoms with van der Waals surface area (Å²) in [5.41, 5.74) is 0.919. The van der Waals surface area contributed by atoms with Crippen LogP contribution in [0.2, 0.25) is 0 Å². The monoisotopic (exact) mass is 216 g/mol. The number of hydrogen-bond donors (Lipinski definition) is 3. The Morgan fingerprint density at radius 2 is 1.00 bits per heavy atom. The molecule has 4 heteroatoms. The average Bonchev–Trinajstić information content (AvgIpc) is 1.63. The molecular weight excluding hydrogens is 199 g/mol. The van der Waals surface area contributed by atoms with Gasteiger partial charge in [-0.25, -0.2) is 0 Å². The third-order valence-electron chi connectivity index (χ3n) is 1.98. The van der Waals surface area contributed by atoms with Gasteiger partial charge in [-0.15, -0.1) is 0 Å². The summed E-state index contributed by atoms with van der Waals surface area (Å²) in [6, 6.07) is 0. The fourth-order valence-electron chi connectivity index (χ4n) is 0.596. The molecule has 0 bridgehead atoms. The molecule has 0 nitrogen and oxygen atoms in total. The predicted octanol–water partition coefficient (Wildman–Crippen LogP) is 3.89. The summed E-state index contributed by atoms with van der Waals surface area (Å²) in [5, 5.41) is 0. The molecular formula is C6H17PS3. The van der Waals surface area contributed by atoms with Crippen LogP contribution in [0.3, 0.4) is 0 Å². The third kappa shape index (κ3) is 2.23. The zero-order valence-electron chi connectivity index (χ0n) is 6.94. The summed E-state index contributed by atoms with van der Waals surface area (Å²) in [6.45, 7) is 8.52. The summed E-state index contributed by atoms with van der Waals surface area (Å²) >= 11 is 13.8. The SMILES string of the molecule is CC(C)P(S)(S)(S)C(C)C. The van der Waals surface area contributed by atoms with Crippen molar-refractivity contribution >= 4 is 41.0 Å². The molecule has 0 aliphatic carbocycles. The van der Waals surface area contributed by atoms with E-state index in [1.54, 1.807) is 0 Å². The van der Waals surface area contributed by atoms with Crippen molar-refractivity contribution in [3.05, 3.63) is 0 Å². The standard InChI is InChI=1S/C6H17PS3/c1-5(2)7(8,9,10)6(3)4/h5-6,8-10H,1-4H3. The second kappa shape index (κ2) is 3.08. The molecule has 0 aromatic carbocycles. The molecule has 10 heavy (non-hydrogen) atoms. The zero-order valence-corrected chi connectivity index (χ0v) is 10.5. The van der Waals surface area contributed by atoms with Gasteiger partial charge in [-0.2, -0.15) is 0 Å². The summed E-state index contributed by atoms with van der Waals surface area (Å²) in [7, 11) is 0. The van der Waals surface area contributed by atoms with Crippen LogP contribution >= 0.6 is 41.0 Å². The Kier molecular flexibility index (Phi) is 3.54. The first-order valence-corrected chi connectivity index (χ1v) is 9.26. The van der Waals surface area contributed by atoms with Crippen LogP contribution in [0.5, 0.6) is 0 Å². The molecule has 64 valence electrons. The normalized spacial score (nSPS) is 17.5. The Labute approximate surface area is 79.9 Å². The molecule has 0 spiro atoms. The number of hydrogen-bond acceptors (Lipinski definition) is 3. The Morgan fingerprint density at radius 1 is 0.800 bits per heavy atom. The molecule has 0 saturated carbocycles. The molecule has 0 fully saturated rings. The van der Waals surface area contributed by atoms with Crippen molar-refractivity contribution in [3.8, 4) is 0 Å². The molecule has 0 radical (unpaired) electrons. The van der Waals surface area contributed by atoms with Crippen LogP contribution in [0.25, 0.3) is 0 Å². The van der Waals surface area contributed by atoms with Crippen LogP contribution < -0.4 is 0 Å². The maximum absolute atomic E-state index is 4.59. The first-order chi connectivity index (χ1) is 4.17. The van der Waals surface area contributed by atoms with E-state index < -0.39 is 4.21 Å². The van der Waals surface area contributed by atoms with Gasteiger partial charge in [0.05, 0.1) is 0 Å². The van der Waals surface area contributed by atoms with Gasteiger partial charge in [0.25, 0.3) is 0 Å². The van der Waals surface area contributed by atoms with Crippen LogP contribution in [0.1, 0.15) is 27.7 Å². The second-order valence-electron chi connectivity index (χ2n) is 3.30. The van der Waals surface area contributed by atoms with Crippen molar-refractivity contribution in [3.63, 3.8) is 0 Å². The van der Waals surface area contributed by atoms with Gasteiger partial charge in [0, 0.05) is 0 Å². The Hall–Kier alpha value is 1.48. The Morgan fingerprint density at radius 3 is 1.00 bits per heavy atom. The van der Waals surface area contributed by atoms with Gasteiger partial charge in [0.1, 0.15) is 0 Å². The maximum atomic E-state index is 4.59. The topological polar surface area (TPSA) is 0 Å². The molecule has 0 atom stereocenters. The Bertz CT molecular complexity index is 111. The molecule has 0 heterocycles. The number of rotatable bonds is 2. The summed E-state index contributed by atoms with van der Waals surface area (Å²) in [4.78, 5) is 0. The van der Waals surface area contributed by atoms with E-state index in [1.807, 2.05) is 0 Å². The number of thiol groups is 3. The fraction of sp³-hybridized carbons (Fsp3) is 1.00. The van der Waals surface area contributed by atoms with E-state index in [2.05, 4.69) is 64.4 Å². The van der Waals surface area contributed by atoms with E-state index in [-0.39, 0.29) is 0 Å². The van der Waals surface area contributed by atoms with Gasteiger partial charge in [-0.1, -0.05) is 0 Å². The zero-order chi connectivity index (χ0) is 8.60. The van der Waals surface area contributed by atoms with E-state index >= 15 is 0 Å². The van der Waals surface area contributed by atoms with Crippen LogP contribution in [0.15, 0.2) is 0 Å². The van der Waals surface area contributed by atoms with Gasteiger partial charge in [-0.05, 0) is 0 Å². The minimum absolute atomic E-state index is 0.459. The van der Waals surface area contributed by atoms with Crippen molar-refractivity contribution in [2.75, 3.05) is 0 Å². The second-order valence-corrected chi connectivity index (χ2v) is 18.2. The van der Waals surface area contributed by atoms with Crippen molar-refractivity contribution < 1.29 is 0 Å². The van der Waals surface area contributed by atoms with Crippen LogP contribution in [0, 0.1) is 0 Å². The van der Waals surface area contributed by atoms with Crippen molar-refractivity contribution in [1.82, 2.24) is 0 Å². The molecule has 0 aliphatic rings. The van der Waals surface area contributed by atoms with E-state index in [0.29, 0.717) is 11.3 Å². The van der Waals surface area contributed by atoms with Crippen LogP contribution in [-0.4, -0.2) is 11.3 Å². The summed E-state index contributed by atoms with van der Waals surface area (Å²) < 4.78 is -2.24.